The lowest BCUT2D eigenvalue weighted by Gasteiger charge is -2.18. The Bertz CT molecular complexity index is 832. The van der Waals surface area contributed by atoms with Crippen molar-refractivity contribution in [1.82, 2.24) is 0 Å². The quantitative estimate of drug-likeness (QED) is 0.0356. The highest BCUT2D eigenvalue weighted by atomic mass is 16.6. The fourth-order valence-corrected chi connectivity index (χ4v) is 6.23. The predicted molar refractivity (Wildman–Crippen MR) is 224 cm³/mol. The minimum atomic E-state index is -0.535. The lowest BCUT2D eigenvalue weighted by molar-refractivity contribution is -0.163. The van der Waals surface area contributed by atoms with E-state index in [4.69, 9.17) is 14.2 Å². The number of carbonyl (C=O) groups excluding carboxylic acids is 2. The first-order valence-corrected chi connectivity index (χ1v) is 22.5. The van der Waals surface area contributed by atoms with E-state index in [1.807, 2.05) is 0 Å². The molecule has 5 heteroatoms. The molecular formula is C47H86O5. The molecule has 0 heterocycles. The van der Waals surface area contributed by atoms with Gasteiger partial charge in [0.05, 0.1) is 6.61 Å². The molecular weight excluding hydrogens is 645 g/mol. The molecule has 304 valence electrons. The molecule has 0 aromatic carbocycles. The highest BCUT2D eigenvalue weighted by Gasteiger charge is 2.17. The number of unbranched alkanes of at least 4 members (excludes halogenated alkanes) is 24. The summed E-state index contributed by atoms with van der Waals surface area (Å²) in [7, 11) is 0. The summed E-state index contributed by atoms with van der Waals surface area (Å²) in [6.45, 7) is 7.74. The largest absolute Gasteiger partial charge is 0.462 e. The van der Waals surface area contributed by atoms with E-state index in [9.17, 15) is 9.59 Å². The Morgan fingerprint density at radius 3 is 1.38 bits per heavy atom. The van der Waals surface area contributed by atoms with E-state index >= 15 is 0 Å². The monoisotopic (exact) mass is 731 g/mol. The van der Waals surface area contributed by atoms with Crippen LogP contribution in [0.25, 0.3) is 0 Å². The van der Waals surface area contributed by atoms with E-state index in [0.717, 1.165) is 64.2 Å². The zero-order valence-electron chi connectivity index (χ0n) is 34.8. The Morgan fingerprint density at radius 1 is 0.423 bits per heavy atom. The number of hydrogen-bond acceptors (Lipinski definition) is 5. The van der Waals surface area contributed by atoms with Crippen LogP contribution in [0.5, 0.6) is 0 Å². The number of esters is 2. The molecule has 5 nitrogen and oxygen atoms in total. The number of allylic oxidation sites excluding steroid dienone is 6. The fourth-order valence-electron chi connectivity index (χ4n) is 6.23. The minimum absolute atomic E-state index is 0.0808. The SMILES string of the molecule is CCCC/C=C\CCCCCCCC(=O)OC(COCCCCCCCCCC)COC(=O)CCCCCCCCC/C=C\C/C=C\CCCCC. The van der Waals surface area contributed by atoms with Gasteiger partial charge in [-0.15, -0.1) is 0 Å². The third-order valence-electron chi connectivity index (χ3n) is 9.65. The van der Waals surface area contributed by atoms with Gasteiger partial charge in [0.15, 0.2) is 6.10 Å². The molecule has 52 heavy (non-hydrogen) atoms. The summed E-state index contributed by atoms with van der Waals surface area (Å²) in [4.78, 5) is 25.2. The lowest BCUT2D eigenvalue weighted by atomic mass is 10.1. The smallest absolute Gasteiger partial charge is 0.306 e. The summed E-state index contributed by atoms with van der Waals surface area (Å²) >= 11 is 0. The van der Waals surface area contributed by atoms with Gasteiger partial charge in [-0.3, -0.25) is 9.59 Å². The van der Waals surface area contributed by atoms with Gasteiger partial charge in [0.2, 0.25) is 0 Å². The molecule has 0 radical (unpaired) electrons. The molecule has 0 fully saturated rings. The van der Waals surface area contributed by atoms with Crippen molar-refractivity contribution >= 4 is 11.9 Å². The van der Waals surface area contributed by atoms with Crippen LogP contribution >= 0.6 is 0 Å². The van der Waals surface area contributed by atoms with Crippen LogP contribution in [0.3, 0.4) is 0 Å². The lowest BCUT2D eigenvalue weighted by Crippen LogP contribution is -2.30. The van der Waals surface area contributed by atoms with Crippen LogP contribution in [-0.2, 0) is 23.8 Å². The Labute approximate surface area is 323 Å². The van der Waals surface area contributed by atoms with Crippen molar-refractivity contribution in [2.24, 2.45) is 0 Å². The van der Waals surface area contributed by atoms with E-state index in [0.29, 0.717) is 19.4 Å². The molecule has 0 spiro atoms. The first kappa shape index (κ1) is 50.1. The van der Waals surface area contributed by atoms with Crippen molar-refractivity contribution in [1.29, 1.82) is 0 Å². The van der Waals surface area contributed by atoms with E-state index in [2.05, 4.69) is 57.2 Å². The zero-order valence-corrected chi connectivity index (χ0v) is 34.8. The van der Waals surface area contributed by atoms with Gasteiger partial charge in [-0.1, -0.05) is 179 Å². The van der Waals surface area contributed by atoms with E-state index in [-0.39, 0.29) is 25.2 Å². The van der Waals surface area contributed by atoms with Crippen molar-refractivity contribution in [2.75, 3.05) is 19.8 Å². The molecule has 1 unspecified atom stereocenters. The second-order valence-corrected chi connectivity index (χ2v) is 15.0. The second-order valence-electron chi connectivity index (χ2n) is 15.0. The molecule has 1 atom stereocenters. The fraction of sp³-hybridized carbons (Fsp3) is 0.830. The Hall–Kier alpha value is -1.88. The molecule has 0 amide bonds. The van der Waals surface area contributed by atoms with Gasteiger partial charge in [-0.05, 0) is 70.6 Å². The zero-order chi connectivity index (χ0) is 37.8. The summed E-state index contributed by atoms with van der Waals surface area (Å²) in [5, 5.41) is 0. The maximum atomic E-state index is 12.7. The number of hydrogen-bond donors (Lipinski definition) is 0. The van der Waals surface area contributed by atoms with Crippen LogP contribution in [0.4, 0.5) is 0 Å². The standard InChI is InChI=1S/C47H86O5/c1-4-7-10-13-16-19-21-22-23-24-25-26-28-29-31-34-37-40-46(48)51-44-45(43-50-42-39-36-33-18-15-12-9-6-3)52-47(49)41-38-35-32-30-27-20-17-14-11-8-5-2/h14,16-17,19,22-23,45H,4-13,15,18,20-21,24-44H2,1-3H3/b17-14-,19-16-,23-22-. The van der Waals surface area contributed by atoms with Crippen molar-refractivity contribution < 1.29 is 23.8 Å². The van der Waals surface area contributed by atoms with Crippen molar-refractivity contribution in [3.63, 3.8) is 0 Å². The third kappa shape index (κ3) is 40.9. The van der Waals surface area contributed by atoms with Crippen LogP contribution in [0.2, 0.25) is 0 Å². The van der Waals surface area contributed by atoms with Crippen LogP contribution in [0, 0.1) is 0 Å². The maximum Gasteiger partial charge on any atom is 0.306 e. The Balaban J connectivity index is 4.17. The van der Waals surface area contributed by atoms with Crippen molar-refractivity contribution in [3.05, 3.63) is 36.5 Å². The summed E-state index contributed by atoms with van der Waals surface area (Å²) in [6.07, 6.45) is 49.9. The number of ether oxygens (including phenoxy) is 3. The van der Waals surface area contributed by atoms with Gasteiger partial charge >= 0.3 is 11.9 Å². The molecule has 0 bridgehead atoms. The molecule has 0 saturated carbocycles. The summed E-state index contributed by atoms with van der Waals surface area (Å²) in [5.74, 6) is -0.413. The molecule has 0 aromatic heterocycles. The normalized spacial score (nSPS) is 12.4. The van der Waals surface area contributed by atoms with Gasteiger partial charge in [-0.25, -0.2) is 0 Å². The Morgan fingerprint density at radius 2 is 0.827 bits per heavy atom. The van der Waals surface area contributed by atoms with Gasteiger partial charge < -0.3 is 14.2 Å². The predicted octanol–water partition coefficient (Wildman–Crippen LogP) is 14.7. The van der Waals surface area contributed by atoms with Gasteiger partial charge in [0.1, 0.15) is 6.61 Å². The molecule has 0 aliphatic heterocycles. The van der Waals surface area contributed by atoms with E-state index in [1.165, 1.54) is 128 Å². The summed E-state index contributed by atoms with van der Waals surface area (Å²) < 4.78 is 17.2. The Kier molecular flexibility index (Phi) is 42.0. The highest BCUT2D eigenvalue weighted by Crippen LogP contribution is 2.13. The number of carbonyl (C=O) groups is 2. The van der Waals surface area contributed by atoms with Crippen LogP contribution in [-0.4, -0.2) is 37.9 Å². The minimum Gasteiger partial charge on any atom is -0.462 e. The molecule has 0 N–H and O–H groups in total. The molecule has 0 aliphatic carbocycles. The topological polar surface area (TPSA) is 61.8 Å². The van der Waals surface area contributed by atoms with Gasteiger partial charge in [-0.2, -0.15) is 0 Å². The third-order valence-corrected chi connectivity index (χ3v) is 9.65. The molecule has 0 aliphatic rings. The van der Waals surface area contributed by atoms with Crippen molar-refractivity contribution in [2.45, 2.75) is 232 Å². The first-order valence-electron chi connectivity index (χ1n) is 22.5. The molecule has 0 aromatic rings. The number of rotatable bonds is 41. The average molecular weight is 731 g/mol. The van der Waals surface area contributed by atoms with Crippen LogP contribution in [0.15, 0.2) is 36.5 Å². The first-order chi connectivity index (χ1) is 25.6. The van der Waals surface area contributed by atoms with Crippen LogP contribution < -0.4 is 0 Å². The van der Waals surface area contributed by atoms with E-state index in [1.54, 1.807) is 0 Å². The van der Waals surface area contributed by atoms with Crippen molar-refractivity contribution in [3.8, 4) is 0 Å². The summed E-state index contributed by atoms with van der Waals surface area (Å²) in [5.41, 5.74) is 0. The van der Waals surface area contributed by atoms with Crippen LogP contribution in [0.1, 0.15) is 226 Å². The second kappa shape index (κ2) is 43.5. The van der Waals surface area contributed by atoms with Gasteiger partial charge in [0, 0.05) is 19.4 Å². The molecule has 0 saturated heterocycles. The van der Waals surface area contributed by atoms with E-state index < -0.39 is 6.10 Å². The maximum absolute atomic E-state index is 12.7. The molecule has 0 rings (SSSR count). The van der Waals surface area contributed by atoms with Gasteiger partial charge in [0.25, 0.3) is 0 Å². The average Bonchev–Trinajstić information content (AvgIpc) is 3.14. The highest BCUT2D eigenvalue weighted by molar-refractivity contribution is 5.70. The summed E-state index contributed by atoms with van der Waals surface area (Å²) in [6, 6.07) is 0.